The number of primary sulfonamides is 1. The lowest BCUT2D eigenvalue weighted by atomic mass is 9.68. The molecule has 3 aliphatic carbocycles. The standard InChI is InChI=1S/C33H41ClN2O6S/c34-25-11-13-27-22(16-25)6-3-15-33(27)19-36(28-17-23(32(38)39)10-14-30(28)42-20-33)18-24-9-12-26(24)29(37)7-1-4-21-5-2-8-31(21)43(35,40)41/h1,7,10-11,13-14,16-17,21,24,26,29,31,37H,2-6,8-9,12,15,18-20H2,(H,38,39)(H2,35,40,41)/b7-1+/t21-,24+,26-,29?,31+,33+/m1/s1. The van der Waals surface area contributed by atoms with E-state index in [4.69, 9.17) is 21.5 Å². The molecule has 4 N–H and O–H groups in total. The second-order valence-corrected chi connectivity index (χ2v) is 15.3. The number of nitrogens with two attached hydrogens (primary N) is 1. The van der Waals surface area contributed by atoms with Crippen LogP contribution in [0, 0.1) is 17.8 Å². The first-order valence-corrected chi connectivity index (χ1v) is 17.4. The summed E-state index contributed by atoms with van der Waals surface area (Å²) in [6, 6.07) is 11.2. The summed E-state index contributed by atoms with van der Waals surface area (Å²) in [5, 5.41) is 26.6. The minimum absolute atomic E-state index is 0.00267. The van der Waals surface area contributed by atoms with Gasteiger partial charge in [-0.05, 0) is 111 Å². The predicted octanol–water partition coefficient (Wildman–Crippen LogP) is 5.30. The quantitative estimate of drug-likeness (QED) is 0.338. The number of aryl methyl sites for hydroxylation is 1. The first kappa shape index (κ1) is 30.4. The minimum atomic E-state index is -3.56. The SMILES string of the molecule is NS(=O)(=O)[C@H]1CCC[C@H]1C/C=C/C(O)[C@@H]1CC[C@H]1CN1C[C@@]2(CCCc3cc(Cl)ccc32)COc2ccc(C(=O)O)cc21. The lowest BCUT2D eigenvalue weighted by Gasteiger charge is -2.45. The number of aliphatic hydroxyl groups excluding tert-OH is 1. The lowest BCUT2D eigenvalue weighted by Crippen LogP contribution is -2.49. The van der Waals surface area contributed by atoms with Crippen molar-refractivity contribution in [1.82, 2.24) is 0 Å². The van der Waals surface area contributed by atoms with Crippen molar-refractivity contribution in [2.24, 2.45) is 22.9 Å². The fourth-order valence-corrected chi connectivity index (χ4v) is 9.52. The number of allylic oxidation sites excluding steroid dienone is 1. The van der Waals surface area contributed by atoms with E-state index in [0.29, 0.717) is 38.3 Å². The Hall–Kier alpha value is -2.59. The predicted molar refractivity (Wildman–Crippen MR) is 167 cm³/mol. The summed E-state index contributed by atoms with van der Waals surface area (Å²) >= 11 is 6.37. The van der Waals surface area contributed by atoms with E-state index < -0.39 is 27.3 Å². The Morgan fingerprint density at radius 2 is 1.98 bits per heavy atom. The van der Waals surface area contributed by atoms with Gasteiger partial charge in [0.05, 0.1) is 29.2 Å². The van der Waals surface area contributed by atoms with Gasteiger partial charge in [0.2, 0.25) is 10.0 Å². The summed E-state index contributed by atoms with van der Waals surface area (Å²) in [6.07, 6.45) is 10.8. The molecule has 2 aromatic carbocycles. The maximum Gasteiger partial charge on any atom is 0.335 e. The van der Waals surface area contributed by atoms with Gasteiger partial charge in [-0.25, -0.2) is 18.4 Å². The molecule has 232 valence electrons. The summed E-state index contributed by atoms with van der Waals surface area (Å²) in [7, 11) is -3.56. The van der Waals surface area contributed by atoms with Crippen molar-refractivity contribution in [3.63, 3.8) is 0 Å². The maximum absolute atomic E-state index is 12.0. The van der Waals surface area contributed by atoms with Gasteiger partial charge in [-0.2, -0.15) is 0 Å². The van der Waals surface area contributed by atoms with Crippen molar-refractivity contribution in [1.29, 1.82) is 0 Å². The number of carbonyl (C=O) groups is 1. The highest BCUT2D eigenvalue weighted by Crippen LogP contribution is 2.46. The molecule has 1 spiro atoms. The van der Waals surface area contributed by atoms with Gasteiger partial charge < -0.3 is 19.8 Å². The van der Waals surface area contributed by atoms with Gasteiger partial charge in [-0.1, -0.05) is 36.2 Å². The number of hydrogen-bond acceptors (Lipinski definition) is 6. The molecule has 2 aromatic rings. The highest BCUT2D eigenvalue weighted by molar-refractivity contribution is 7.89. The molecule has 10 heteroatoms. The molecule has 6 atom stereocenters. The molecule has 0 bridgehead atoms. The minimum Gasteiger partial charge on any atom is -0.490 e. The number of sulfonamides is 1. The normalized spacial score (nSPS) is 29.4. The topological polar surface area (TPSA) is 130 Å². The van der Waals surface area contributed by atoms with Gasteiger partial charge in [0.15, 0.2) is 0 Å². The van der Waals surface area contributed by atoms with Crippen LogP contribution in [0.2, 0.25) is 5.02 Å². The molecule has 6 rings (SSSR count). The largest absolute Gasteiger partial charge is 0.490 e. The number of benzene rings is 2. The number of nitrogens with zero attached hydrogens (tertiary/aromatic N) is 1. The number of halogens is 1. The van der Waals surface area contributed by atoms with Crippen LogP contribution >= 0.6 is 11.6 Å². The summed E-state index contributed by atoms with van der Waals surface area (Å²) in [4.78, 5) is 14.2. The van der Waals surface area contributed by atoms with Crippen LogP contribution in [-0.2, 0) is 21.9 Å². The molecule has 0 saturated heterocycles. The van der Waals surface area contributed by atoms with Gasteiger partial charge in [0, 0.05) is 23.5 Å². The summed E-state index contributed by atoms with van der Waals surface area (Å²) in [6.45, 7) is 1.86. The number of rotatable bonds is 8. The first-order chi connectivity index (χ1) is 20.5. The first-order valence-electron chi connectivity index (χ1n) is 15.4. The number of carboxylic acid groups (broad SMARTS) is 1. The Balaban J connectivity index is 1.22. The van der Waals surface area contributed by atoms with E-state index in [0.717, 1.165) is 55.7 Å². The Morgan fingerprint density at radius 1 is 1.14 bits per heavy atom. The van der Waals surface area contributed by atoms with Crippen LogP contribution in [-0.4, -0.2) is 55.7 Å². The van der Waals surface area contributed by atoms with Crippen molar-refractivity contribution >= 4 is 33.3 Å². The highest BCUT2D eigenvalue weighted by atomic mass is 35.5. The summed E-state index contributed by atoms with van der Waals surface area (Å²) in [5.41, 5.74) is 3.23. The maximum atomic E-state index is 12.0. The summed E-state index contributed by atoms with van der Waals surface area (Å²) in [5.74, 6) is -0.0173. The van der Waals surface area contributed by atoms with Crippen LogP contribution in [0.4, 0.5) is 5.69 Å². The van der Waals surface area contributed by atoms with Crippen LogP contribution in [0.5, 0.6) is 5.75 Å². The zero-order valence-corrected chi connectivity index (χ0v) is 25.9. The Labute approximate surface area is 258 Å². The Bertz CT molecular complexity index is 1510. The van der Waals surface area contributed by atoms with Gasteiger partial charge in [-0.3, -0.25) is 0 Å². The van der Waals surface area contributed by atoms with E-state index in [1.807, 2.05) is 18.2 Å². The molecule has 1 aliphatic heterocycles. The molecule has 0 amide bonds. The Kier molecular flexibility index (Phi) is 8.54. The molecule has 2 fully saturated rings. The summed E-state index contributed by atoms with van der Waals surface area (Å²) < 4.78 is 30.4. The van der Waals surface area contributed by atoms with Gasteiger partial charge in [-0.15, -0.1) is 0 Å². The monoisotopic (exact) mass is 628 g/mol. The van der Waals surface area contributed by atoms with E-state index in [1.165, 1.54) is 11.1 Å². The van der Waals surface area contributed by atoms with Gasteiger partial charge in [0.25, 0.3) is 0 Å². The lowest BCUT2D eigenvalue weighted by molar-refractivity contribution is 0.0455. The van der Waals surface area contributed by atoms with Crippen molar-refractivity contribution in [3.8, 4) is 5.75 Å². The van der Waals surface area contributed by atoms with Crippen molar-refractivity contribution in [2.45, 2.75) is 74.6 Å². The smallest absolute Gasteiger partial charge is 0.335 e. The number of carboxylic acids is 1. The zero-order valence-electron chi connectivity index (χ0n) is 24.3. The molecule has 0 aromatic heterocycles. The second-order valence-electron chi connectivity index (χ2n) is 13.1. The van der Waals surface area contributed by atoms with E-state index >= 15 is 0 Å². The van der Waals surface area contributed by atoms with Crippen molar-refractivity contribution < 1.29 is 28.2 Å². The molecule has 43 heavy (non-hydrogen) atoms. The van der Waals surface area contributed by atoms with E-state index in [-0.39, 0.29) is 28.7 Å². The zero-order chi connectivity index (χ0) is 30.4. The fourth-order valence-electron chi connectivity index (χ4n) is 8.04. The second kappa shape index (κ2) is 12.1. The average molecular weight is 629 g/mol. The molecule has 1 unspecified atom stereocenters. The third-order valence-corrected chi connectivity index (χ3v) is 12.1. The van der Waals surface area contributed by atoms with Crippen molar-refractivity contribution in [2.75, 3.05) is 24.6 Å². The highest BCUT2D eigenvalue weighted by Gasteiger charge is 2.44. The van der Waals surface area contributed by atoms with Crippen molar-refractivity contribution in [3.05, 3.63) is 70.3 Å². The number of hydrogen-bond donors (Lipinski definition) is 3. The van der Waals surface area contributed by atoms with Crippen LogP contribution in [0.15, 0.2) is 48.6 Å². The number of fused-ring (bicyclic) bond motifs is 3. The Morgan fingerprint density at radius 3 is 2.72 bits per heavy atom. The number of aliphatic hydroxyl groups is 1. The van der Waals surface area contributed by atoms with E-state index in [2.05, 4.69) is 17.0 Å². The third-order valence-electron chi connectivity index (χ3n) is 10.4. The number of anilines is 1. The molecular weight excluding hydrogens is 588 g/mol. The molecule has 1 heterocycles. The van der Waals surface area contributed by atoms with Crippen LogP contribution < -0.4 is 14.8 Å². The third kappa shape index (κ3) is 6.19. The number of aromatic carboxylic acids is 1. The average Bonchev–Trinajstić information content (AvgIpc) is 3.37. The van der Waals surface area contributed by atoms with E-state index in [1.54, 1.807) is 18.2 Å². The fraction of sp³-hybridized carbons (Fsp3) is 0.545. The molecule has 4 aliphatic rings. The van der Waals surface area contributed by atoms with Crippen LogP contribution in [0.3, 0.4) is 0 Å². The number of ether oxygens (including phenoxy) is 1. The molecular formula is C33H41ClN2O6S. The molecule has 2 saturated carbocycles. The van der Waals surface area contributed by atoms with E-state index in [9.17, 15) is 23.4 Å². The molecule has 8 nitrogen and oxygen atoms in total. The van der Waals surface area contributed by atoms with Crippen LogP contribution in [0.25, 0.3) is 0 Å². The van der Waals surface area contributed by atoms with Crippen LogP contribution in [0.1, 0.15) is 72.9 Å². The van der Waals surface area contributed by atoms with Gasteiger partial charge >= 0.3 is 5.97 Å². The van der Waals surface area contributed by atoms with Gasteiger partial charge in [0.1, 0.15) is 5.75 Å². The molecule has 0 radical (unpaired) electrons.